The Labute approximate surface area is 139 Å². The maximum Gasteiger partial charge on any atom is 0.0713 e. The third-order valence-electron chi connectivity index (χ3n) is 4.88. The van der Waals surface area contributed by atoms with Crippen LogP contribution >= 0.6 is 15.9 Å². The summed E-state index contributed by atoms with van der Waals surface area (Å²) >= 11 is 3.55. The standard InChI is InChI=1S/C19H20BrNO/c20-18-2-1-3-19(17(18)12-22)21-9-8-15-10-14(13-4-5-13)6-7-16(15)11-21/h1-3,6-7,10,13,22H,4-5,8-9,11-12H2. The van der Waals surface area contributed by atoms with Gasteiger partial charge in [0.2, 0.25) is 0 Å². The smallest absolute Gasteiger partial charge is 0.0713 e. The van der Waals surface area contributed by atoms with E-state index in [1.807, 2.05) is 12.1 Å². The lowest BCUT2D eigenvalue weighted by molar-refractivity contribution is 0.281. The Balaban J connectivity index is 1.63. The van der Waals surface area contributed by atoms with Crippen molar-refractivity contribution in [3.8, 4) is 0 Å². The first kappa shape index (κ1) is 14.3. The Morgan fingerprint density at radius 3 is 2.77 bits per heavy atom. The molecular formula is C19H20BrNO. The number of halogens is 1. The number of aliphatic hydroxyl groups is 1. The van der Waals surface area contributed by atoms with Crippen molar-refractivity contribution in [1.29, 1.82) is 0 Å². The van der Waals surface area contributed by atoms with Crippen molar-refractivity contribution in [2.24, 2.45) is 0 Å². The van der Waals surface area contributed by atoms with Gasteiger partial charge in [-0.2, -0.15) is 0 Å². The Bertz CT molecular complexity index is 709. The van der Waals surface area contributed by atoms with Crippen molar-refractivity contribution in [1.82, 2.24) is 0 Å². The number of hydrogen-bond acceptors (Lipinski definition) is 2. The summed E-state index contributed by atoms with van der Waals surface area (Å²) in [6.45, 7) is 2.02. The second-order valence-electron chi connectivity index (χ2n) is 6.37. The van der Waals surface area contributed by atoms with Crippen LogP contribution in [0.2, 0.25) is 0 Å². The normalized spacial score (nSPS) is 17.5. The lowest BCUT2D eigenvalue weighted by Gasteiger charge is -2.32. The van der Waals surface area contributed by atoms with Crippen LogP contribution in [0.25, 0.3) is 0 Å². The van der Waals surface area contributed by atoms with Crippen molar-refractivity contribution in [2.75, 3.05) is 11.4 Å². The van der Waals surface area contributed by atoms with Crippen LogP contribution in [0, 0.1) is 0 Å². The third kappa shape index (κ3) is 2.57. The monoisotopic (exact) mass is 357 g/mol. The molecule has 1 N–H and O–H groups in total. The molecule has 0 aromatic heterocycles. The Morgan fingerprint density at radius 1 is 1.14 bits per heavy atom. The summed E-state index contributed by atoms with van der Waals surface area (Å²) in [5.74, 6) is 0.828. The van der Waals surface area contributed by atoms with Crippen molar-refractivity contribution in [3.63, 3.8) is 0 Å². The van der Waals surface area contributed by atoms with Crippen LogP contribution in [0.1, 0.15) is 41.0 Å². The number of rotatable bonds is 3. The molecule has 0 saturated heterocycles. The summed E-state index contributed by atoms with van der Waals surface area (Å²) in [5.41, 5.74) is 6.61. The minimum absolute atomic E-state index is 0.0702. The van der Waals surface area contributed by atoms with Gasteiger partial charge in [-0.15, -0.1) is 0 Å². The van der Waals surface area contributed by atoms with Crippen LogP contribution in [0.15, 0.2) is 40.9 Å². The predicted octanol–water partition coefficient (Wildman–Crippen LogP) is 4.38. The van der Waals surface area contributed by atoms with E-state index in [1.54, 1.807) is 0 Å². The first-order valence-electron chi connectivity index (χ1n) is 8.01. The van der Waals surface area contributed by atoms with Gasteiger partial charge in [0.05, 0.1) is 6.61 Å². The fourth-order valence-corrected chi connectivity index (χ4v) is 3.93. The summed E-state index contributed by atoms with van der Waals surface area (Å²) in [6.07, 6.45) is 3.82. The van der Waals surface area contributed by atoms with Crippen LogP contribution in [-0.4, -0.2) is 11.7 Å². The van der Waals surface area contributed by atoms with Crippen LogP contribution in [0.3, 0.4) is 0 Å². The van der Waals surface area contributed by atoms with Gasteiger partial charge in [-0.05, 0) is 54.0 Å². The zero-order valence-corrected chi connectivity index (χ0v) is 14.1. The van der Waals surface area contributed by atoms with E-state index in [1.165, 1.54) is 29.5 Å². The van der Waals surface area contributed by atoms with Gasteiger partial charge >= 0.3 is 0 Å². The SMILES string of the molecule is OCc1c(Br)cccc1N1CCc2cc(C3CC3)ccc2C1. The van der Waals surface area contributed by atoms with Gasteiger partial charge in [0, 0.05) is 28.8 Å². The Hall–Kier alpha value is -1.32. The van der Waals surface area contributed by atoms with Gasteiger partial charge in [-0.25, -0.2) is 0 Å². The van der Waals surface area contributed by atoms with Crippen molar-refractivity contribution >= 4 is 21.6 Å². The topological polar surface area (TPSA) is 23.5 Å². The van der Waals surface area contributed by atoms with Crippen LogP contribution < -0.4 is 4.90 Å². The summed E-state index contributed by atoms with van der Waals surface area (Å²) in [7, 11) is 0. The van der Waals surface area contributed by atoms with Crippen molar-refractivity contribution in [3.05, 3.63) is 63.1 Å². The molecular weight excluding hydrogens is 338 g/mol. The highest BCUT2D eigenvalue weighted by Crippen LogP contribution is 2.41. The fourth-order valence-electron chi connectivity index (χ4n) is 3.45. The largest absolute Gasteiger partial charge is 0.392 e. The van der Waals surface area contributed by atoms with Gasteiger partial charge in [-0.1, -0.05) is 40.2 Å². The summed E-state index contributed by atoms with van der Waals surface area (Å²) in [5, 5.41) is 9.67. The fraction of sp³-hybridized carbons (Fsp3) is 0.368. The average Bonchev–Trinajstić information content (AvgIpc) is 3.38. The molecule has 1 heterocycles. The Morgan fingerprint density at radius 2 is 2.00 bits per heavy atom. The van der Waals surface area contributed by atoms with Crippen molar-refractivity contribution in [2.45, 2.75) is 38.3 Å². The summed E-state index contributed by atoms with van der Waals surface area (Å²) in [6, 6.07) is 13.2. The first-order valence-corrected chi connectivity index (χ1v) is 8.80. The summed E-state index contributed by atoms with van der Waals surface area (Å²) in [4.78, 5) is 2.38. The van der Waals surface area contributed by atoms with E-state index >= 15 is 0 Å². The van der Waals surface area contributed by atoms with Crippen LogP contribution in [-0.2, 0) is 19.6 Å². The van der Waals surface area contributed by atoms with Gasteiger partial charge in [0.1, 0.15) is 0 Å². The number of anilines is 1. The minimum atomic E-state index is 0.0702. The molecule has 114 valence electrons. The molecule has 1 aliphatic heterocycles. The quantitative estimate of drug-likeness (QED) is 0.880. The number of aliphatic hydroxyl groups excluding tert-OH is 1. The number of benzene rings is 2. The van der Waals surface area contributed by atoms with Crippen molar-refractivity contribution < 1.29 is 5.11 Å². The van der Waals surface area contributed by atoms with Gasteiger partial charge in [0.25, 0.3) is 0 Å². The minimum Gasteiger partial charge on any atom is -0.392 e. The lowest BCUT2D eigenvalue weighted by atomic mass is 9.95. The summed E-state index contributed by atoms with van der Waals surface area (Å²) < 4.78 is 0.988. The second kappa shape index (κ2) is 5.71. The lowest BCUT2D eigenvalue weighted by Crippen LogP contribution is -2.31. The molecule has 1 aliphatic carbocycles. The molecule has 0 spiro atoms. The maximum atomic E-state index is 9.67. The zero-order valence-electron chi connectivity index (χ0n) is 12.6. The molecule has 2 aromatic carbocycles. The molecule has 0 atom stereocenters. The molecule has 0 bridgehead atoms. The molecule has 3 heteroatoms. The first-order chi connectivity index (χ1) is 10.8. The second-order valence-corrected chi connectivity index (χ2v) is 7.22. The van der Waals surface area contributed by atoms with Gasteiger partial charge in [0.15, 0.2) is 0 Å². The molecule has 1 saturated carbocycles. The van der Waals surface area contributed by atoms with Gasteiger partial charge < -0.3 is 10.0 Å². The molecule has 2 nitrogen and oxygen atoms in total. The van der Waals surface area contributed by atoms with E-state index in [9.17, 15) is 5.11 Å². The highest BCUT2D eigenvalue weighted by molar-refractivity contribution is 9.10. The van der Waals surface area contributed by atoms with E-state index in [2.05, 4.69) is 45.1 Å². The van der Waals surface area contributed by atoms with E-state index < -0.39 is 0 Å². The molecule has 4 rings (SSSR count). The van der Waals surface area contributed by atoms with Crippen LogP contribution in [0.5, 0.6) is 0 Å². The predicted molar refractivity (Wildman–Crippen MR) is 93.2 cm³/mol. The molecule has 2 aliphatic rings. The molecule has 0 unspecified atom stereocenters. The van der Waals surface area contributed by atoms with E-state index in [0.29, 0.717) is 0 Å². The molecule has 2 aromatic rings. The highest BCUT2D eigenvalue weighted by atomic mass is 79.9. The van der Waals surface area contributed by atoms with E-state index in [4.69, 9.17) is 0 Å². The molecule has 22 heavy (non-hydrogen) atoms. The highest BCUT2D eigenvalue weighted by Gasteiger charge is 2.25. The number of fused-ring (bicyclic) bond motifs is 1. The van der Waals surface area contributed by atoms with Crippen LogP contribution in [0.4, 0.5) is 5.69 Å². The Kier molecular flexibility index (Phi) is 3.71. The number of nitrogens with zero attached hydrogens (tertiary/aromatic N) is 1. The molecule has 0 radical (unpaired) electrons. The number of hydrogen-bond donors (Lipinski definition) is 1. The maximum absolute atomic E-state index is 9.67. The van der Waals surface area contributed by atoms with Gasteiger partial charge in [-0.3, -0.25) is 0 Å². The van der Waals surface area contributed by atoms with E-state index in [0.717, 1.165) is 41.2 Å². The third-order valence-corrected chi connectivity index (χ3v) is 5.63. The molecule has 0 amide bonds. The average molecular weight is 358 g/mol. The zero-order chi connectivity index (χ0) is 15.1. The molecule has 1 fully saturated rings. The van der Waals surface area contributed by atoms with E-state index in [-0.39, 0.29) is 6.61 Å².